The van der Waals surface area contributed by atoms with Crippen LogP contribution in [0.4, 0.5) is 22.0 Å². The van der Waals surface area contributed by atoms with Gasteiger partial charge in [-0.25, -0.2) is 8.78 Å². The fourth-order valence-electron chi connectivity index (χ4n) is 5.40. The van der Waals surface area contributed by atoms with Gasteiger partial charge in [0.05, 0.1) is 0 Å². The fraction of sp³-hybridized carbons (Fsp3) is 0.440. The number of hydrogen-bond donors (Lipinski definition) is 1. The molecular weight excluding hydrogens is 455 g/mol. The van der Waals surface area contributed by atoms with E-state index < -0.39 is 35.8 Å². The summed E-state index contributed by atoms with van der Waals surface area (Å²) in [4.78, 5) is 26.5. The third-order valence-electron chi connectivity index (χ3n) is 7.14. The molecule has 0 bridgehead atoms. The normalized spacial score (nSPS) is 21.4. The van der Waals surface area contributed by atoms with Crippen molar-refractivity contribution in [2.24, 2.45) is 5.41 Å². The van der Waals surface area contributed by atoms with E-state index in [0.29, 0.717) is 5.56 Å². The van der Waals surface area contributed by atoms with Crippen molar-refractivity contribution in [2.45, 2.75) is 43.7 Å². The molecule has 2 unspecified atom stereocenters. The number of benzene rings is 2. The number of hydrogen-bond acceptors (Lipinski definition) is 2. The molecule has 34 heavy (non-hydrogen) atoms. The van der Waals surface area contributed by atoms with Crippen LogP contribution in [0.1, 0.15) is 54.2 Å². The van der Waals surface area contributed by atoms with Gasteiger partial charge >= 0.3 is 6.18 Å². The Morgan fingerprint density at radius 1 is 1.00 bits per heavy atom. The number of carbonyl (C=O) groups excluding carboxylic acids is 2. The lowest BCUT2D eigenvalue weighted by atomic mass is 9.62. The lowest BCUT2D eigenvalue weighted by molar-refractivity contribution is -0.173. The minimum absolute atomic E-state index is 0.0267. The SMILES string of the molecule is O=C1CC2(CCN(C(=O)C(c3ccccc3)C(F)(F)F)CC2)C(c2ccccc2C(F)F)CN1. The van der Waals surface area contributed by atoms with E-state index in [1.54, 1.807) is 18.2 Å². The number of amides is 2. The van der Waals surface area contributed by atoms with E-state index >= 15 is 0 Å². The molecule has 9 heteroatoms. The third kappa shape index (κ3) is 4.65. The molecule has 2 heterocycles. The summed E-state index contributed by atoms with van der Waals surface area (Å²) in [6.07, 6.45) is -6.84. The van der Waals surface area contributed by atoms with Crippen molar-refractivity contribution in [3.63, 3.8) is 0 Å². The lowest BCUT2D eigenvalue weighted by Gasteiger charge is -2.49. The van der Waals surface area contributed by atoms with E-state index in [2.05, 4.69) is 5.32 Å². The van der Waals surface area contributed by atoms with Gasteiger partial charge in [0.15, 0.2) is 5.92 Å². The number of carbonyl (C=O) groups is 2. The zero-order valence-electron chi connectivity index (χ0n) is 18.3. The van der Waals surface area contributed by atoms with Crippen molar-refractivity contribution in [1.29, 1.82) is 0 Å². The monoisotopic (exact) mass is 480 g/mol. The highest BCUT2D eigenvalue weighted by Gasteiger charge is 2.51. The molecule has 0 saturated carbocycles. The highest BCUT2D eigenvalue weighted by molar-refractivity contribution is 5.85. The van der Waals surface area contributed by atoms with Gasteiger partial charge in [0, 0.05) is 37.5 Å². The minimum Gasteiger partial charge on any atom is -0.355 e. The van der Waals surface area contributed by atoms with E-state index in [-0.39, 0.29) is 55.9 Å². The van der Waals surface area contributed by atoms with Gasteiger partial charge in [-0.05, 0) is 29.4 Å². The Morgan fingerprint density at radius 3 is 2.24 bits per heavy atom. The maximum atomic E-state index is 13.8. The maximum absolute atomic E-state index is 13.8. The van der Waals surface area contributed by atoms with Crippen molar-refractivity contribution in [1.82, 2.24) is 10.2 Å². The van der Waals surface area contributed by atoms with E-state index in [1.165, 1.54) is 41.3 Å². The summed E-state index contributed by atoms with van der Waals surface area (Å²) in [5, 5.41) is 2.75. The predicted molar refractivity (Wildman–Crippen MR) is 115 cm³/mol. The first-order chi connectivity index (χ1) is 16.1. The van der Waals surface area contributed by atoms with Gasteiger partial charge in [0.2, 0.25) is 11.8 Å². The van der Waals surface area contributed by atoms with E-state index in [0.717, 1.165) is 0 Å². The second kappa shape index (κ2) is 9.35. The number of piperidine rings is 2. The number of rotatable bonds is 4. The second-order valence-electron chi connectivity index (χ2n) is 9.04. The molecule has 2 aromatic carbocycles. The van der Waals surface area contributed by atoms with Crippen LogP contribution in [-0.2, 0) is 9.59 Å². The molecule has 4 rings (SSSR count). The Kier molecular flexibility index (Phi) is 6.64. The smallest absolute Gasteiger partial charge is 0.355 e. The van der Waals surface area contributed by atoms with Crippen LogP contribution < -0.4 is 5.32 Å². The molecule has 1 N–H and O–H groups in total. The number of likely N-dealkylation sites (tertiary alicyclic amines) is 1. The summed E-state index contributed by atoms with van der Waals surface area (Å²) in [6, 6.07) is 13.2. The number of halogens is 5. The number of nitrogens with one attached hydrogen (secondary N) is 1. The van der Waals surface area contributed by atoms with Gasteiger partial charge in [-0.3, -0.25) is 9.59 Å². The Hall–Kier alpha value is -2.97. The van der Waals surface area contributed by atoms with Crippen molar-refractivity contribution in [2.75, 3.05) is 19.6 Å². The van der Waals surface area contributed by atoms with Crippen molar-refractivity contribution >= 4 is 11.8 Å². The van der Waals surface area contributed by atoms with Crippen molar-refractivity contribution in [3.05, 3.63) is 71.3 Å². The minimum atomic E-state index is -4.75. The first-order valence-electron chi connectivity index (χ1n) is 11.2. The number of alkyl halides is 5. The molecule has 2 aliphatic rings. The molecule has 2 atom stereocenters. The quantitative estimate of drug-likeness (QED) is 0.613. The highest BCUT2D eigenvalue weighted by atomic mass is 19.4. The van der Waals surface area contributed by atoms with Crippen LogP contribution in [0, 0.1) is 5.41 Å². The molecule has 182 valence electrons. The van der Waals surface area contributed by atoms with Gasteiger partial charge in [0.25, 0.3) is 6.43 Å². The highest BCUT2D eigenvalue weighted by Crippen LogP contribution is 2.51. The van der Waals surface area contributed by atoms with Gasteiger partial charge < -0.3 is 10.2 Å². The van der Waals surface area contributed by atoms with Gasteiger partial charge in [0.1, 0.15) is 0 Å². The van der Waals surface area contributed by atoms with Crippen LogP contribution in [0.2, 0.25) is 0 Å². The second-order valence-corrected chi connectivity index (χ2v) is 9.04. The van der Waals surface area contributed by atoms with Gasteiger partial charge in [-0.2, -0.15) is 13.2 Å². The fourth-order valence-corrected chi connectivity index (χ4v) is 5.40. The molecule has 0 aliphatic carbocycles. The molecule has 0 radical (unpaired) electrons. The summed E-state index contributed by atoms with van der Waals surface area (Å²) in [7, 11) is 0. The first kappa shape index (κ1) is 24.2. The van der Waals surface area contributed by atoms with Crippen LogP contribution in [-0.4, -0.2) is 42.5 Å². The van der Waals surface area contributed by atoms with Gasteiger partial charge in [-0.1, -0.05) is 54.6 Å². The molecule has 2 fully saturated rings. The van der Waals surface area contributed by atoms with Crippen LogP contribution >= 0.6 is 0 Å². The third-order valence-corrected chi connectivity index (χ3v) is 7.14. The Labute approximate surface area is 194 Å². The number of nitrogens with zero attached hydrogens (tertiary/aromatic N) is 1. The predicted octanol–water partition coefficient (Wildman–Crippen LogP) is 5.18. The van der Waals surface area contributed by atoms with E-state index in [9.17, 15) is 31.5 Å². The first-order valence-corrected chi connectivity index (χ1v) is 11.2. The Bertz CT molecular complexity index is 1030. The Balaban J connectivity index is 1.59. The average molecular weight is 480 g/mol. The van der Waals surface area contributed by atoms with Crippen LogP contribution in [0.15, 0.2) is 54.6 Å². The van der Waals surface area contributed by atoms with E-state index in [4.69, 9.17) is 0 Å². The summed E-state index contributed by atoms with van der Waals surface area (Å²) in [5.41, 5.74) is -0.497. The maximum Gasteiger partial charge on any atom is 0.404 e. The van der Waals surface area contributed by atoms with Crippen molar-refractivity contribution < 1.29 is 31.5 Å². The summed E-state index contributed by atoms with van der Waals surface area (Å²) >= 11 is 0. The summed E-state index contributed by atoms with van der Waals surface area (Å²) < 4.78 is 68.9. The molecule has 0 aromatic heterocycles. The molecule has 2 aliphatic heterocycles. The largest absolute Gasteiger partial charge is 0.404 e. The van der Waals surface area contributed by atoms with Gasteiger partial charge in [-0.15, -0.1) is 0 Å². The zero-order valence-corrected chi connectivity index (χ0v) is 18.3. The lowest BCUT2D eigenvalue weighted by Crippen LogP contribution is -2.54. The van der Waals surface area contributed by atoms with Crippen molar-refractivity contribution in [3.8, 4) is 0 Å². The zero-order chi connectivity index (χ0) is 24.5. The molecule has 2 amide bonds. The summed E-state index contributed by atoms with van der Waals surface area (Å²) in [6.45, 7) is 0.226. The van der Waals surface area contributed by atoms with E-state index in [1.807, 2.05) is 0 Å². The molecule has 1 spiro atoms. The molecule has 2 saturated heterocycles. The topological polar surface area (TPSA) is 49.4 Å². The molecule has 2 aromatic rings. The van der Waals surface area contributed by atoms with Crippen LogP contribution in [0.25, 0.3) is 0 Å². The average Bonchev–Trinajstić information content (AvgIpc) is 2.79. The molecular formula is C25H25F5N2O2. The standard InChI is InChI=1S/C25H25F5N2O2/c26-22(27)18-9-5-4-8-17(18)19-15-31-20(33)14-24(19)10-12-32(13-11-24)23(34)21(25(28,29)30)16-6-2-1-3-7-16/h1-9,19,21-22H,10-15H2,(H,31,33). The van der Waals surface area contributed by atoms with Crippen LogP contribution in [0.3, 0.4) is 0 Å². The van der Waals surface area contributed by atoms with Crippen LogP contribution in [0.5, 0.6) is 0 Å². The Morgan fingerprint density at radius 2 is 1.62 bits per heavy atom. The molecule has 4 nitrogen and oxygen atoms in total. The summed E-state index contributed by atoms with van der Waals surface area (Å²) in [5.74, 6) is -3.94.